The quantitative estimate of drug-likeness (QED) is 0.614. The zero-order valence-corrected chi connectivity index (χ0v) is 18.4. The van der Waals surface area contributed by atoms with Crippen molar-refractivity contribution < 1.29 is 23.9 Å². The Hall–Kier alpha value is -2.77. The van der Waals surface area contributed by atoms with Crippen LogP contribution < -0.4 is 20.1 Å². The minimum atomic E-state index is -0.116. The number of nitrogens with one attached hydrogen (secondary N) is 2. The number of piperidine rings is 1. The van der Waals surface area contributed by atoms with Gasteiger partial charge in [0.2, 0.25) is 11.8 Å². The number of rotatable bonds is 8. The summed E-state index contributed by atoms with van der Waals surface area (Å²) >= 11 is 0. The third-order valence-corrected chi connectivity index (χ3v) is 6.20. The number of likely N-dealkylation sites (tertiary alicyclic amines) is 1. The van der Waals surface area contributed by atoms with E-state index in [4.69, 9.17) is 9.47 Å². The lowest BCUT2D eigenvalue weighted by atomic mass is 9.95. The number of methoxy groups -OCH3 is 2. The molecule has 2 N–H and O–H groups in total. The molecule has 0 atom stereocenters. The fourth-order valence-corrected chi connectivity index (χ4v) is 4.31. The Morgan fingerprint density at radius 2 is 1.32 bits per heavy atom. The molecule has 1 aliphatic heterocycles. The van der Waals surface area contributed by atoms with E-state index >= 15 is 0 Å². The van der Waals surface area contributed by atoms with Crippen LogP contribution in [0.15, 0.2) is 18.2 Å². The SMILES string of the molecule is COc1cc(OC)cc(C(=O)N2CCC(C(=O)NCCNC(=O)C3CCCC3)CC2)c1. The highest BCUT2D eigenvalue weighted by Gasteiger charge is 2.28. The molecule has 0 unspecified atom stereocenters. The van der Waals surface area contributed by atoms with E-state index < -0.39 is 0 Å². The highest BCUT2D eigenvalue weighted by molar-refractivity contribution is 5.95. The van der Waals surface area contributed by atoms with E-state index in [1.165, 1.54) is 0 Å². The Morgan fingerprint density at radius 3 is 1.81 bits per heavy atom. The Kier molecular flexibility index (Phi) is 8.14. The van der Waals surface area contributed by atoms with Crippen molar-refractivity contribution in [1.82, 2.24) is 15.5 Å². The third kappa shape index (κ3) is 6.12. The summed E-state index contributed by atoms with van der Waals surface area (Å²) in [6, 6.07) is 5.12. The number of carbonyl (C=O) groups excluding carboxylic acids is 3. The maximum atomic E-state index is 12.9. The van der Waals surface area contributed by atoms with Crippen LogP contribution in [0, 0.1) is 11.8 Å². The first-order chi connectivity index (χ1) is 15.0. The number of ether oxygens (including phenoxy) is 2. The fourth-order valence-electron chi connectivity index (χ4n) is 4.31. The van der Waals surface area contributed by atoms with Crippen LogP contribution in [-0.2, 0) is 9.59 Å². The lowest BCUT2D eigenvalue weighted by Crippen LogP contribution is -2.44. The molecule has 1 saturated heterocycles. The molecule has 0 aromatic heterocycles. The number of amides is 3. The Bertz CT molecular complexity index is 761. The molecule has 3 amide bonds. The van der Waals surface area contributed by atoms with E-state index in [-0.39, 0.29) is 29.6 Å². The first kappa shape index (κ1) is 22.9. The zero-order chi connectivity index (χ0) is 22.2. The maximum absolute atomic E-state index is 12.9. The summed E-state index contributed by atoms with van der Waals surface area (Å²) < 4.78 is 10.5. The van der Waals surface area contributed by atoms with Gasteiger partial charge in [-0.1, -0.05) is 12.8 Å². The van der Waals surface area contributed by atoms with E-state index in [1.54, 1.807) is 37.3 Å². The second-order valence-electron chi connectivity index (χ2n) is 8.23. The van der Waals surface area contributed by atoms with Crippen molar-refractivity contribution in [2.45, 2.75) is 38.5 Å². The van der Waals surface area contributed by atoms with Crippen molar-refractivity contribution in [3.63, 3.8) is 0 Å². The molecule has 1 heterocycles. The van der Waals surface area contributed by atoms with Crippen molar-refractivity contribution in [3.05, 3.63) is 23.8 Å². The Balaban J connectivity index is 1.41. The summed E-state index contributed by atoms with van der Waals surface area (Å²) in [6.07, 6.45) is 5.43. The van der Waals surface area contributed by atoms with Crippen LogP contribution >= 0.6 is 0 Å². The summed E-state index contributed by atoms with van der Waals surface area (Å²) in [6.45, 7) is 1.93. The van der Waals surface area contributed by atoms with Gasteiger partial charge in [-0.15, -0.1) is 0 Å². The summed E-state index contributed by atoms with van der Waals surface area (Å²) in [4.78, 5) is 39.1. The van der Waals surface area contributed by atoms with Crippen LogP contribution in [0.25, 0.3) is 0 Å². The van der Waals surface area contributed by atoms with Crippen molar-refractivity contribution in [2.75, 3.05) is 40.4 Å². The first-order valence-electron chi connectivity index (χ1n) is 11.1. The molecule has 8 nitrogen and oxygen atoms in total. The summed E-state index contributed by atoms with van der Waals surface area (Å²) in [5, 5.41) is 5.83. The lowest BCUT2D eigenvalue weighted by molar-refractivity contribution is -0.127. The lowest BCUT2D eigenvalue weighted by Gasteiger charge is -2.31. The molecule has 1 aliphatic carbocycles. The predicted molar refractivity (Wildman–Crippen MR) is 116 cm³/mol. The average Bonchev–Trinajstić information content (AvgIpc) is 3.36. The zero-order valence-electron chi connectivity index (χ0n) is 18.4. The van der Waals surface area contributed by atoms with E-state index in [0.29, 0.717) is 56.1 Å². The second kappa shape index (κ2) is 11.0. The van der Waals surface area contributed by atoms with Gasteiger partial charge in [-0.2, -0.15) is 0 Å². The summed E-state index contributed by atoms with van der Waals surface area (Å²) in [5.41, 5.74) is 0.511. The number of carbonyl (C=O) groups is 3. The van der Waals surface area contributed by atoms with Crippen molar-refractivity contribution in [2.24, 2.45) is 11.8 Å². The normalized spacial score (nSPS) is 17.3. The van der Waals surface area contributed by atoms with Crippen molar-refractivity contribution >= 4 is 17.7 Å². The molecular weight excluding hydrogens is 398 g/mol. The Labute approximate surface area is 183 Å². The molecule has 1 aromatic rings. The molecule has 0 bridgehead atoms. The van der Waals surface area contributed by atoms with Crippen LogP contribution in [0.5, 0.6) is 11.5 Å². The molecule has 1 aromatic carbocycles. The number of benzene rings is 1. The molecule has 0 radical (unpaired) electrons. The van der Waals surface area contributed by atoms with Gasteiger partial charge in [-0.25, -0.2) is 0 Å². The minimum absolute atomic E-state index is 0.00901. The van der Waals surface area contributed by atoms with E-state index in [2.05, 4.69) is 10.6 Å². The van der Waals surface area contributed by atoms with Gasteiger partial charge in [0.15, 0.2) is 0 Å². The summed E-state index contributed by atoms with van der Waals surface area (Å²) in [5.74, 6) is 1.16. The molecule has 170 valence electrons. The third-order valence-electron chi connectivity index (χ3n) is 6.20. The Morgan fingerprint density at radius 1 is 0.839 bits per heavy atom. The van der Waals surface area contributed by atoms with Crippen LogP contribution in [-0.4, -0.2) is 63.0 Å². The number of hydrogen-bond acceptors (Lipinski definition) is 5. The highest BCUT2D eigenvalue weighted by Crippen LogP contribution is 2.26. The predicted octanol–water partition coefficient (Wildman–Crippen LogP) is 1.98. The fraction of sp³-hybridized carbons (Fsp3) is 0.609. The van der Waals surface area contributed by atoms with Gasteiger partial charge in [0.05, 0.1) is 14.2 Å². The molecule has 8 heteroatoms. The number of hydrogen-bond donors (Lipinski definition) is 2. The smallest absolute Gasteiger partial charge is 0.254 e. The van der Waals surface area contributed by atoms with Crippen LogP contribution in [0.4, 0.5) is 0 Å². The standard InChI is InChI=1S/C23H33N3O5/c1-30-19-13-18(14-20(15-19)31-2)23(29)26-11-7-17(8-12-26)22(28)25-10-9-24-21(27)16-5-3-4-6-16/h13-17H,3-12H2,1-2H3,(H,24,27)(H,25,28). The van der Waals surface area contributed by atoms with E-state index in [1.807, 2.05) is 0 Å². The van der Waals surface area contributed by atoms with Gasteiger partial charge in [0.25, 0.3) is 5.91 Å². The van der Waals surface area contributed by atoms with Crippen LogP contribution in [0.3, 0.4) is 0 Å². The first-order valence-corrected chi connectivity index (χ1v) is 11.1. The van der Waals surface area contributed by atoms with Gasteiger partial charge in [0.1, 0.15) is 11.5 Å². The van der Waals surface area contributed by atoms with Gasteiger partial charge < -0.3 is 25.0 Å². The second-order valence-corrected chi connectivity index (χ2v) is 8.23. The largest absolute Gasteiger partial charge is 0.497 e. The van der Waals surface area contributed by atoms with Crippen molar-refractivity contribution in [3.8, 4) is 11.5 Å². The maximum Gasteiger partial charge on any atom is 0.254 e. The number of nitrogens with zero attached hydrogens (tertiary/aromatic N) is 1. The van der Waals surface area contributed by atoms with Crippen molar-refractivity contribution in [1.29, 1.82) is 0 Å². The molecule has 31 heavy (non-hydrogen) atoms. The average molecular weight is 432 g/mol. The molecule has 3 rings (SSSR count). The highest BCUT2D eigenvalue weighted by atomic mass is 16.5. The minimum Gasteiger partial charge on any atom is -0.497 e. The topological polar surface area (TPSA) is 97.0 Å². The van der Waals surface area contributed by atoms with Gasteiger partial charge in [-0.3, -0.25) is 14.4 Å². The molecule has 2 fully saturated rings. The monoisotopic (exact) mass is 431 g/mol. The molecule has 1 saturated carbocycles. The van der Waals surface area contributed by atoms with E-state index in [0.717, 1.165) is 25.7 Å². The van der Waals surface area contributed by atoms with Crippen LogP contribution in [0.2, 0.25) is 0 Å². The summed E-state index contributed by atoms with van der Waals surface area (Å²) in [7, 11) is 3.10. The molecular formula is C23H33N3O5. The van der Waals surface area contributed by atoms with Gasteiger partial charge in [-0.05, 0) is 37.8 Å². The van der Waals surface area contributed by atoms with Crippen LogP contribution in [0.1, 0.15) is 48.9 Å². The molecule has 0 spiro atoms. The van der Waals surface area contributed by atoms with Gasteiger partial charge in [0, 0.05) is 49.6 Å². The molecule has 2 aliphatic rings. The van der Waals surface area contributed by atoms with E-state index in [9.17, 15) is 14.4 Å². The van der Waals surface area contributed by atoms with Gasteiger partial charge >= 0.3 is 0 Å².